The molecule has 32 heavy (non-hydrogen) atoms. The van der Waals surface area contributed by atoms with Crippen LogP contribution in [0.3, 0.4) is 0 Å². The molecule has 3 aromatic carbocycles. The molecule has 1 N–H and O–H groups in total. The van der Waals surface area contributed by atoms with Gasteiger partial charge in [0.15, 0.2) is 0 Å². The Kier molecular flexibility index (Phi) is 5.69. The Bertz CT molecular complexity index is 1280. The lowest BCUT2D eigenvalue weighted by Gasteiger charge is -2.28. The molecule has 1 fully saturated rings. The number of carbonyl (C=O) groups excluding carboxylic acids is 3. The van der Waals surface area contributed by atoms with Crippen LogP contribution in [0, 0.1) is 19.7 Å². The summed E-state index contributed by atoms with van der Waals surface area (Å²) in [5.41, 5.74) is 3.80. The first kappa shape index (κ1) is 21.2. The van der Waals surface area contributed by atoms with Gasteiger partial charge < -0.3 is 0 Å². The van der Waals surface area contributed by atoms with Crippen molar-refractivity contribution in [1.29, 1.82) is 0 Å². The molecule has 4 rings (SSSR count). The Morgan fingerprint density at radius 2 is 1.56 bits per heavy atom. The SMILES string of the molecule is Cc1cccc(N2C(=O)NC(=O)/C(=C\c3ccccc3Cc3ccccc3F)C2=O)c1C. The summed E-state index contributed by atoms with van der Waals surface area (Å²) in [6.07, 6.45) is 1.75. The van der Waals surface area contributed by atoms with Crippen LogP contribution in [0.5, 0.6) is 0 Å². The Morgan fingerprint density at radius 1 is 0.875 bits per heavy atom. The zero-order valence-corrected chi connectivity index (χ0v) is 17.7. The van der Waals surface area contributed by atoms with Crippen LogP contribution in [0.2, 0.25) is 0 Å². The van der Waals surface area contributed by atoms with E-state index >= 15 is 0 Å². The van der Waals surface area contributed by atoms with Crippen LogP contribution in [0.15, 0.2) is 72.3 Å². The van der Waals surface area contributed by atoms with Crippen LogP contribution in [0.4, 0.5) is 14.9 Å². The first-order chi connectivity index (χ1) is 15.4. The molecule has 0 atom stereocenters. The number of carbonyl (C=O) groups is 3. The number of aryl methyl sites for hydroxylation is 1. The minimum Gasteiger partial charge on any atom is -0.273 e. The van der Waals surface area contributed by atoms with Gasteiger partial charge in [0.1, 0.15) is 11.4 Å². The van der Waals surface area contributed by atoms with Gasteiger partial charge in [-0.3, -0.25) is 14.9 Å². The van der Waals surface area contributed by atoms with Crippen LogP contribution >= 0.6 is 0 Å². The molecule has 0 bridgehead atoms. The van der Waals surface area contributed by atoms with Gasteiger partial charge in [-0.25, -0.2) is 14.1 Å². The van der Waals surface area contributed by atoms with E-state index in [4.69, 9.17) is 0 Å². The average molecular weight is 428 g/mol. The number of nitrogens with one attached hydrogen (secondary N) is 1. The number of urea groups is 1. The van der Waals surface area contributed by atoms with E-state index in [0.29, 0.717) is 23.2 Å². The summed E-state index contributed by atoms with van der Waals surface area (Å²) in [7, 11) is 0. The first-order valence-corrected chi connectivity index (χ1v) is 10.2. The lowest BCUT2D eigenvalue weighted by molar-refractivity contribution is -0.122. The predicted molar refractivity (Wildman–Crippen MR) is 121 cm³/mol. The van der Waals surface area contributed by atoms with E-state index in [1.165, 1.54) is 12.1 Å². The van der Waals surface area contributed by atoms with Crippen molar-refractivity contribution in [1.82, 2.24) is 5.32 Å². The molecule has 0 spiro atoms. The topological polar surface area (TPSA) is 66.5 Å². The van der Waals surface area contributed by atoms with Crippen LogP contribution in [-0.2, 0) is 16.0 Å². The number of imide groups is 2. The largest absolute Gasteiger partial charge is 0.335 e. The summed E-state index contributed by atoms with van der Waals surface area (Å²) >= 11 is 0. The second kappa shape index (κ2) is 8.59. The molecule has 1 heterocycles. The van der Waals surface area contributed by atoms with Crippen LogP contribution in [0.25, 0.3) is 6.08 Å². The molecular weight excluding hydrogens is 407 g/mol. The minimum absolute atomic E-state index is 0.161. The van der Waals surface area contributed by atoms with E-state index in [1.54, 1.807) is 42.5 Å². The number of barbiturate groups is 1. The van der Waals surface area contributed by atoms with Gasteiger partial charge >= 0.3 is 6.03 Å². The van der Waals surface area contributed by atoms with Gasteiger partial charge in [-0.2, -0.15) is 0 Å². The van der Waals surface area contributed by atoms with E-state index < -0.39 is 17.8 Å². The fraction of sp³-hybridized carbons (Fsp3) is 0.115. The molecule has 6 heteroatoms. The monoisotopic (exact) mass is 428 g/mol. The number of nitrogens with zero attached hydrogens (tertiary/aromatic N) is 1. The number of amides is 4. The van der Waals surface area contributed by atoms with Crippen LogP contribution in [0.1, 0.15) is 27.8 Å². The summed E-state index contributed by atoms with van der Waals surface area (Å²) in [5.74, 6) is -1.79. The second-order valence-corrected chi connectivity index (χ2v) is 7.64. The van der Waals surface area contributed by atoms with E-state index in [2.05, 4.69) is 5.32 Å². The fourth-order valence-electron chi connectivity index (χ4n) is 3.69. The van der Waals surface area contributed by atoms with Crippen molar-refractivity contribution < 1.29 is 18.8 Å². The predicted octanol–water partition coefficient (Wildman–Crippen LogP) is 4.70. The Balaban J connectivity index is 1.75. The molecule has 1 aliphatic rings. The number of anilines is 1. The van der Waals surface area contributed by atoms with Gasteiger partial charge in [0.25, 0.3) is 11.8 Å². The Hall–Kier alpha value is -4.06. The van der Waals surface area contributed by atoms with Gasteiger partial charge in [-0.05, 0) is 59.9 Å². The van der Waals surface area contributed by atoms with E-state index in [9.17, 15) is 18.8 Å². The molecule has 4 amide bonds. The number of benzene rings is 3. The molecular formula is C26H21FN2O3. The van der Waals surface area contributed by atoms with Crippen LogP contribution in [-0.4, -0.2) is 17.8 Å². The summed E-state index contributed by atoms with van der Waals surface area (Å²) in [6, 6.07) is 18.1. The smallest absolute Gasteiger partial charge is 0.273 e. The lowest BCUT2D eigenvalue weighted by atomic mass is 9.97. The van der Waals surface area contributed by atoms with Gasteiger partial charge in [-0.15, -0.1) is 0 Å². The second-order valence-electron chi connectivity index (χ2n) is 7.64. The van der Waals surface area contributed by atoms with Gasteiger partial charge in [0, 0.05) is 6.42 Å². The fourth-order valence-corrected chi connectivity index (χ4v) is 3.69. The highest BCUT2D eigenvalue weighted by Crippen LogP contribution is 2.27. The Labute approximate surface area is 185 Å². The summed E-state index contributed by atoms with van der Waals surface area (Å²) in [6.45, 7) is 3.70. The van der Waals surface area contributed by atoms with Gasteiger partial charge in [-0.1, -0.05) is 54.6 Å². The number of hydrogen-bond acceptors (Lipinski definition) is 3. The third kappa shape index (κ3) is 3.95. The minimum atomic E-state index is -0.787. The lowest BCUT2D eigenvalue weighted by Crippen LogP contribution is -2.54. The molecule has 5 nitrogen and oxygen atoms in total. The van der Waals surface area contributed by atoms with Crippen molar-refractivity contribution >= 4 is 29.6 Å². The molecule has 1 saturated heterocycles. The third-order valence-corrected chi connectivity index (χ3v) is 5.61. The molecule has 160 valence electrons. The molecule has 0 aliphatic carbocycles. The average Bonchev–Trinajstić information content (AvgIpc) is 2.76. The molecule has 0 radical (unpaired) electrons. The van der Waals surface area contributed by atoms with E-state index in [1.807, 2.05) is 32.0 Å². The van der Waals surface area contributed by atoms with Crippen molar-refractivity contribution in [2.24, 2.45) is 0 Å². The van der Waals surface area contributed by atoms with Gasteiger partial charge in [0.2, 0.25) is 0 Å². The summed E-state index contributed by atoms with van der Waals surface area (Å²) < 4.78 is 14.2. The maximum Gasteiger partial charge on any atom is 0.335 e. The van der Waals surface area contributed by atoms with Crippen molar-refractivity contribution in [3.8, 4) is 0 Å². The zero-order chi connectivity index (χ0) is 22.8. The Morgan fingerprint density at radius 3 is 2.31 bits per heavy atom. The maximum absolute atomic E-state index is 14.2. The quantitative estimate of drug-likeness (QED) is 0.484. The van der Waals surface area contributed by atoms with Gasteiger partial charge in [0.05, 0.1) is 5.69 Å². The molecule has 0 unspecified atom stereocenters. The highest BCUT2D eigenvalue weighted by molar-refractivity contribution is 6.39. The number of rotatable bonds is 4. The zero-order valence-electron chi connectivity index (χ0n) is 17.7. The van der Waals surface area contributed by atoms with Crippen molar-refractivity contribution in [2.45, 2.75) is 20.3 Å². The van der Waals surface area contributed by atoms with Crippen LogP contribution < -0.4 is 10.2 Å². The molecule has 3 aromatic rings. The standard InChI is InChI=1S/C26H21FN2O3/c1-16-8-7-13-23(17(16)2)29-25(31)21(24(30)28-26(29)32)15-19-10-4-3-9-18(19)14-20-11-5-6-12-22(20)27/h3-13,15H,14H2,1-2H3,(H,28,30,32)/b21-15+. The number of halogens is 1. The third-order valence-electron chi connectivity index (χ3n) is 5.61. The maximum atomic E-state index is 14.2. The first-order valence-electron chi connectivity index (χ1n) is 10.2. The molecule has 1 aliphatic heterocycles. The highest BCUT2D eigenvalue weighted by atomic mass is 19.1. The van der Waals surface area contributed by atoms with Crippen molar-refractivity contribution in [2.75, 3.05) is 4.90 Å². The summed E-state index contributed by atoms with van der Waals surface area (Å²) in [5, 5.41) is 2.25. The summed E-state index contributed by atoms with van der Waals surface area (Å²) in [4.78, 5) is 39.3. The molecule has 0 aromatic heterocycles. The molecule has 0 saturated carbocycles. The normalized spacial score (nSPS) is 15.3. The van der Waals surface area contributed by atoms with Crippen molar-refractivity contribution in [3.63, 3.8) is 0 Å². The highest BCUT2D eigenvalue weighted by Gasteiger charge is 2.37. The number of hydrogen-bond donors (Lipinski definition) is 1. The van der Waals surface area contributed by atoms with Crippen molar-refractivity contribution in [3.05, 3.63) is 106 Å². The van der Waals surface area contributed by atoms with E-state index in [0.717, 1.165) is 21.6 Å². The van der Waals surface area contributed by atoms with E-state index in [-0.39, 0.29) is 11.4 Å².